The molecule has 0 aliphatic carbocycles. The zero-order chi connectivity index (χ0) is 18.1. The third-order valence-corrected chi connectivity index (χ3v) is 3.80. The van der Waals surface area contributed by atoms with E-state index in [0.29, 0.717) is 19.6 Å². The second-order valence-electron chi connectivity index (χ2n) is 5.60. The summed E-state index contributed by atoms with van der Waals surface area (Å²) in [7, 11) is 1.60. The van der Waals surface area contributed by atoms with Crippen molar-refractivity contribution in [2.24, 2.45) is 0 Å². The molecule has 1 aromatic heterocycles. The molecule has 2 rings (SSSR count). The molecule has 0 fully saturated rings. The van der Waals surface area contributed by atoms with Crippen molar-refractivity contribution in [3.8, 4) is 5.75 Å². The molecule has 0 spiro atoms. The fourth-order valence-electron chi connectivity index (χ4n) is 2.40. The van der Waals surface area contributed by atoms with Gasteiger partial charge in [-0.05, 0) is 18.2 Å². The summed E-state index contributed by atoms with van der Waals surface area (Å²) in [5, 5.41) is 2.86. The first-order valence-electron chi connectivity index (χ1n) is 8.14. The van der Waals surface area contributed by atoms with E-state index in [1.54, 1.807) is 18.2 Å². The number of carbonyl (C=O) groups is 2. The summed E-state index contributed by atoms with van der Waals surface area (Å²) >= 11 is 0. The van der Waals surface area contributed by atoms with E-state index in [9.17, 15) is 9.59 Å². The third-order valence-electron chi connectivity index (χ3n) is 3.80. The van der Waals surface area contributed by atoms with Crippen LogP contribution in [0, 0.1) is 0 Å². The van der Waals surface area contributed by atoms with E-state index in [2.05, 4.69) is 10.3 Å². The zero-order valence-electron chi connectivity index (χ0n) is 14.6. The Morgan fingerprint density at radius 2 is 1.92 bits per heavy atom. The van der Waals surface area contributed by atoms with Gasteiger partial charge >= 0.3 is 0 Å². The molecule has 2 amide bonds. The number of carbonyl (C=O) groups excluding carboxylic acids is 2. The predicted molar refractivity (Wildman–Crippen MR) is 94.8 cm³/mol. The first-order chi connectivity index (χ1) is 12.1. The lowest BCUT2D eigenvalue weighted by Gasteiger charge is -2.20. The van der Waals surface area contributed by atoms with Gasteiger partial charge < -0.3 is 15.0 Å². The Labute approximate surface area is 147 Å². The van der Waals surface area contributed by atoms with Crippen LogP contribution in [0.25, 0.3) is 0 Å². The maximum atomic E-state index is 12.1. The molecule has 25 heavy (non-hydrogen) atoms. The van der Waals surface area contributed by atoms with E-state index in [1.165, 1.54) is 6.92 Å². The lowest BCUT2D eigenvalue weighted by Crippen LogP contribution is -2.33. The second-order valence-corrected chi connectivity index (χ2v) is 5.60. The zero-order valence-corrected chi connectivity index (χ0v) is 14.6. The van der Waals surface area contributed by atoms with Crippen LogP contribution in [0.4, 0.5) is 0 Å². The van der Waals surface area contributed by atoms with Gasteiger partial charge in [-0.3, -0.25) is 14.6 Å². The molecular formula is C19H23N3O3. The van der Waals surface area contributed by atoms with Crippen LogP contribution in [-0.4, -0.2) is 35.4 Å². The van der Waals surface area contributed by atoms with Gasteiger partial charge in [-0.15, -0.1) is 0 Å². The molecule has 6 heteroatoms. The molecule has 1 aromatic carbocycles. The SMILES string of the molecule is COc1ccccc1CNC(=O)CCN(Cc1ccccn1)C(C)=O. The Balaban J connectivity index is 1.83. The summed E-state index contributed by atoms with van der Waals surface area (Å²) < 4.78 is 5.26. The molecule has 132 valence electrons. The average Bonchev–Trinajstić information content (AvgIpc) is 2.64. The van der Waals surface area contributed by atoms with Crippen molar-refractivity contribution in [1.29, 1.82) is 0 Å². The normalized spacial score (nSPS) is 10.2. The fourth-order valence-corrected chi connectivity index (χ4v) is 2.40. The van der Waals surface area contributed by atoms with E-state index in [-0.39, 0.29) is 18.2 Å². The number of ether oxygens (including phenoxy) is 1. The molecule has 1 N–H and O–H groups in total. The summed E-state index contributed by atoms with van der Waals surface area (Å²) in [6.45, 7) is 2.64. The van der Waals surface area contributed by atoms with Gasteiger partial charge in [-0.1, -0.05) is 24.3 Å². The van der Waals surface area contributed by atoms with Gasteiger partial charge in [0.2, 0.25) is 11.8 Å². The number of hydrogen-bond acceptors (Lipinski definition) is 4. The van der Waals surface area contributed by atoms with Crippen LogP contribution >= 0.6 is 0 Å². The molecule has 2 aromatic rings. The largest absolute Gasteiger partial charge is 0.496 e. The lowest BCUT2D eigenvalue weighted by molar-refractivity contribution is -0.130. The van der Waals surface area contributed by atoms with Crippen molar-refractivity contribution in [1.82, 2.24) is 15.2 Å². The van der Waals surface area contributed by atoms with Gasteiger partial charge in [0.15, 0.2) is 0 Å². The highest BCUT2D eigenvalue weighted by atomic mass is 16.5. The fraction of sp³-hybridized carbons (Fsp3) is 0.316. The molecule has 0 saturated carbocycles. The molecule has 6 nitrogen and oxygen atoms in total. The van der Waals surface area contributed by atoms with Crippen molar-refractivity contribution in [3.63, 3.8) is 0 Å². The Morgan fingerprint density at radius 3 is 2.60 bits per heavy atom. The smallest absolute Gasteiger partial charge is 0.222 e. The minimum atomic E-state index is -0.113. The van der Waals surface area contributed by atoms with Crippen LogP contribution in [0.1, 0.15) is 24.6 Å². The first-order valence-corrected chi connectivity index (χ1v) is 8.14. The predicted octanol–water partition coefficient (Wildman–Crippen LogP) is 2.15. The number of aromatic nitrogens is 1. The number of methoxy groups -OCH3 is 1. The Hall–Kier alpha value is -2.89. The number of nitrogens with one attached hydrogen (secondary N) is 1. The van der Waals surface area contributed by atoms with E-state index in [4.69, 9.17) is 4.74 Å². The molecule has 0 atom stereocenters. The Kier molecular flexibility index (Phi) is 6.95. The number of nitrogens with zero attached hydrogens (tertiary/aromatic N) is 2. The van der Waals surface area contributed by atoms with Crippen LogP contribution in [-0.2, 0) is 22.7 Å². The number of rotatable bonds is 8. The summed E-state index contributed by atoms with van der Waals surface area (Å²) in [6.07, 6.45) is 1.93. The number of hydrogen-bond donors (Lipinski definition) is 1. The summed E-state index contributed by atoms with van der Waals surface area (Å²) in [6, 6.07) is 13.1. The van der Waals surface area contributed by atoms with E-state index >= 15 is 0 Å². The summed E-state index contributed by atoms with van der Waals surface area (Å²) in [5.74, 6) is 0.546. The van der Waals surface area contributed by atoms with Gasteiger partial charge in [-0.25, -0.2) is 0 Å². The van der Waals surface area contributed by atoms with Crippen LogP contribution < -0.4 is 10.1 Å². The van der Waals surface area contributed by atoms with Gasteiger partial charge in [0.1, 0.15) is 5.75 Å². The van der Waals surface area contributed by atoms with Gasteiger partial charge in [0.25, 0.3) is 0 Å². The number of benzene rings is 1. The molecule has 0 aliphatic rings. The second kappa shape index (κ2) is 9.42. The maximum absolute atomic E-state index is 12.1. The molecule has 0 aliphatic heterocycles. The van der Waals surface area contributed by atoms with Crippen molar-refractivity contribution in [2.75, 3.05) is 13.7 Å². The number of para-hydroxylation sites is 1. The standard InChI is InChI=1S/C19H23N3O3/c1-15(23)22(14-17-8-5-6-11-20-17)12-10-19(24)21-13-16-7-3-4-9-18(16)25-2/h3-9,11H,10,12-14H2,1-2H3,(H,21,24). The Morgan fingerprint density at radius 1 is 1.16 bits per heavy atom. The molecule has 1 heterocycles. The van der Waals surface area contributed by atoms with E-state index in [0.717, 1.165) is 17.0 Å². The number of amides is 2. The van der Waals surface area contributed by atoms with Crippen molar-refractivity contribution < 1.29 is 14.3 Å². The van der Waals surface area contributed by atoms with Gasteiger partial charge in [0.05, 0.1) is 19.3 Å². The van der Waals surface area contributed by atoms with Crippen molar-refractivity contribution in [3.05, 3.63) is 59.9 Å². The monoisotopic (exact) mass is 341 g/mol. The highest BCUT2D eigenvalue weighted by molar-refractivity contribution is 5.78. The highest BCUT2D eigenvalue weighted by Gasteiger charge is 2.12. The van der Waals surface area contributed by atoms with Gasteiger partial charge in [-0.2, -0.15) is 0 Å². The van der Waals surface area contributed by atoms with E-state index < -0.39 is 0 Å². The average molecular weight is 341 g/mol. The maximum Gasteiger partial charge on any atom is 0.222 e. The van der Waals surface area contributed by atoms with Gasteiger partial charge in [0, 0.05) is 38.2 Å². The van der Waals surface area contributed by atoms with Crippen molar-refractivity contribution >= 4 is 11.8 Å². The van der Waals surface area contributed by atoms with Crippen LogP contribution in [0.15, 0.2) is 48.7 Å². The third kappa shape index (κ3) is 5.91. The number of pyridine rings is 1. The molecular weight excluding hydrogens is 318 g/mol. The summed E-state index contributed by atoms with van der Waals surface area (Å²) in [4.78, 5) is 29.7. The van der Waals surface area contributed by atoms with E-state index in [1.807, 2.05) is 42.5 Å². The lowest BCUT2D eigenvalue weighted by atomic mass is 10.2. The summed E-state index contributed by atoms with van der Waals surface area (Å²) in [5.41, 5.74) is 1.71. The van der Waals surface area contributed by atoms with Crippen LogP contribution in [0.2, 0.25) is 0 Å². The first kappa shape index (κ1) is 18.4. The molecule has 0 bridgehead atoms. The quantitative estimate of drug-likeness (QED) is 0.798. The van der Waals surface area contributed by atoms with Crippen LogP contribution in [0.5, 0.6) is 5.75 Å². The minimum Gasteiger partial charge on any atom is -0.496 e. The minimum absolute atomic E-state index is 0.0804. The van der Waals surface area contributed by atoms with Crippen LogP contribution in [0.3, 0.4) is 0 Å². The molecule has 0 unspecified atom stereocenters. The highest BCUT2D eigenvalue weighted by Crippen LogP contribution is 2.16. The molecule has 0 saturated heterocycles. The topological polar surface area (TPSA) is 71.5 Å². The van der Waals surface area contributed by atoms with Crippen molar-refractivity contribution in [2.45, 2.75) is 26.4 Å². The molecule has 0 radical (unpaired) electrons. The Bertz CT molecular complexity index is 704.